The molecule has 1 N–H and O–H groups in total. The number of halogens is 2. The summed E-state index contributed by atoms with van der Waals surface area (Å²) in [5.41, 5.74) is -0.114. The number of rotatable bonds is 5. The topological polar surface area (TPSA) is 98.5 Å². The highest BCUT2D eigenvalue weighted by Gasteiger charge is 2.17. The van der Waals surface area contributed by atoms with Crippen molar-refractivity contribution in [3.63, 3.8) is 0 Å². The molecule has 0 spiro atoms. The van der Waals surface area contributed by atoms with Crippen LogP contribution in [0, 0.1) is 10.1 Å². The molecule has 0 atom stereocenters. The summed E-state index contributed by atoms with van der Waals surface area (Å²) >= 11 is 8.91. The highest BCUT2D eigenvalue weighted by Crippen LogP contribution is 2.27. The number of amides is 1. The van der Waals surface area contributed by atoms with Crippen LogP contribution in [0.2, 0.25) is 5.02 Å². The summed E-state index contributed by atoms with van der Waals surface area (Å²) in [6.07, 6.45) is 0. The van der Waals surface area contributed by atoms with E-state index < -0.39 is 23.4 Å². The first-order valence-electron chi connectivity index (χ1n) is 6.53. The molecule has 0 saturated carbocycles. The molecule has 0 radical (unpaired) electrons. The van der Waals surface area contributed by atoms with E-state index in [1.165, 1.54) is 18.2 Å². The first-order valence-corrected chi connectivity index (χ1v) is 7.70. The molecule has 0 bridgehead atoms. The summed E-state index contributed by atoms with van der Waals surface area (Å²) in [4.78, 5) is 33.9. The minimum atomic E-state index is -0.705. The standard InChI is InChI=1S/C15H10BrClN2O5/c16-10-3-1-2-9(6-10)15(21)24-8-14(20)18-12-5-4-11(17)7-13(12)19(22)23/h1-7H,8H2,(H,18,20). The minimum absolute atomic E-state index is 0.0343. The van der Waals surface area contributed by atoms with E-state index in [-0.39, 0.29) is 22.0 Å². The van der Waals surface area contributed by atoms with Gasteiger partial charge in [0.05, 0.1) is 10.5 Å². The van der Waals surface area contributed by atoms with Crippen LogP contribution in [-0.4, -0.2) is 23.4 Å². The lowest BCUT2D eigenvalue weighted by Crippen LogP contribution is -2.21. The quantitative estimate of drug-likeness (QED) is 0.456. The monoisotopic (exact) mass is 412 g/mol. The van der Waals surface area contributed by atoms with Crippen molar-refractivity contribution >= 4 is 50.8 Å². The van der Waals surface area contributed by atoms with E-state index in [0.717, 1.165) is 6.07 Å². The predicted octanol–water partition coefficient (Wildman–Crippen LogP) is 3.81. The van der Waals surface area contributed by atoms with Crippen molar-refractivity contribution in [2.24, 2.45) is 0 Å². The van der Waals surface area contributed by atoms with Crippen molar-refractivity contribution in [2.75, 3.05) is 11.9 Å². The molecular weight excluding hydrogens is 404 g/mol. The maximum Gasteiger partial charge on any atom is 0.338 e. The second kappa shape index (κ2) is 7.89. The molecule has 24 heavy (non-hydrogen) atoms. The molecule has 2 aromatic rings. The van der Waals surface area contributed by atoms with Gasteiger partial charge in [0.2, 0.25) is 0 Å². The summed E-state index contributed by atoms with van der Waals surface area (Å²) in [7, 11) is 0. The van der Waals surface area contributed by atoms with Crippen molar-refractivity contribution in [3.05, 3.63) is 67.6 Å². The van der Waals surface area contributed by atoms with Gasteiger partial charge in [-0.25, -0.2) is 4.79 Å². The Morgan fingerprint density at radius 2 is 2.00 bits per heavy atom. The van der Waals surface area contributed by atoms with Gasteiger partial charge in [-0.3, -0.25) is 14.9 Å². The van der Waals surface area contributed by atoms with Gasteiger partial charge in [-0.2, -0.15) is 0 Å². The van der Waals surface area contributed by atoms with Crippen LogP contribution in [0.4, 0.5) is 11.4 Å². The number of nitro groups is 1. The fourth-order valence-electron chi connectivity index (χ4n) is 1.78. The maximum absolute atomic E-state index is 11.8. The van der Waals surface area contributed by atoms with Gasteiger partial charge in [0.25, 0.3) is 11.6 Å². The molecule has 0 aliphatic rings. The molecule has 7 nitrogen and oxygen atoms in total. The molecule has 0 aromatic heterocycles. The SMILES string of the molecule is O=C(COC(=O)c1cccc(Br)c1)Nc1ccc(Cl)cc1[N+](=O)[O-]. The number of benzene rings is 2. The second-order valence-electron chi connectivity index (χ2n) is 4.55. The van der Waals surface area contributed by atoms with Gasteiger partial charge >= 0.3 is 5.97 Å². The number of ether oxygens (including phenoxy) is 1. The van der Waals surface area contributed by atoms with Crippen LogP contribution in [0.25, 0.3) is 0 Å². The largest absolute Gasteiger partial charge is 0.452 e. The first-order chi connectivity index (χ1) is 11.4. The van der Waals surface area contributed by atoms with Gasteiger partial charge in [-0.15, -0.1) is 0 Å². The number of nitrogens with zero attached hydrogens (tertiary/aromatic N) is 1. The van der Waals surface area contributed by atoms with Crippen molar-refractivity contribution in [2.45, 2.75) is 0 Å². The predicted molar refractivity (Wildman–Crippen MR) is 91.2 cm³/mol. The molecule has 2 aromatic carbocycles. The normalized spacial score (nSPS) is 10.1. The molecule has 0 aliphatic heterocycles. The maximum atomic E-state index is 11.8. The van der Waals surface area contributed by atoms with Crippen LogP contribution in [-0.2, 0) is 9.53 Å². The Kier molecular flexibility index (Phi) is 5.88. The van der Waals surface area contributed by atoms with Gasteiger partial charge < -0.3 is 10.1 Å². The number of nitro benzene ring substituents is 1. The number of carbonyl (C=O) groups excluding carboxylic acids is 2. The van der Waals surface area contributed by atoms with E-state index in [1.807, 2.05) is 0 Å². The summed E-state index contributed by atoms with van der Waals surface area (Å²) in [5.74, 6) is -1.39. The van der Waals surface area contributed by atoms with Crippen LogP contribution in [0.5, 0.6) is 0 Å². The van der Waals surface area contributed by atoms with Gasteiger partial charge in [0.1, 0.15) is 5.69 Å². The van der Waals surface area contributed by atoms with Gasteiger partial charge in [0, 0.05) is 15.6 Å². The third-order valence-corrected chi connectivity index (χ3v) is 3.55. The van der Waals surface area contributed by atoms with Crippen molar-refractivity contribution < 1.29 is 19.2 Å². The highest BCUT2D eigenvalue weighted by molar-refractivity contribution is 9.10. The Morgan fingerprint density at radius 3 is 2.67 bits per heavy atom. The van der Waals surface area contributed by atoms with Crippen molar-refractivity contribution in [3.8, 4) is 0 Å². The number of carbonyl (C=O) groups is 2. The zero-order chi connectivity index (χ0) is 17.7. The van der Waals surface area contributed by atoms with E-state index in [1.54, 1.807) is 18.2 Å². The molecule has 9 heteroatoms. The molecule has 0 aliphatic carbocycles. The Labute approximate surface area is 149 Å². The molecular formula is C15H10BrClN2O5. The van der Waals surface area contributed by atoms with Crippen molar-refractivity contribution in [1.82, 2.24) is 0 Å². The van der Waals surface area contributed by atoms with Crippen LogP contribution < -0.4 is 5.32 Å². The summed E-state index contributed by atoms with van der Waals surface area (Å²) < 4.78 is 5.57. The molecule has 0 unspecified atom stereocenters. The van der Waals surface area contributed by atoms with Crippen molar-refractivity contribution in [1.29, 1.82) is 0 Å². The minimum Gasteiger partial charge on any atom is -0.452 e. The Morgan fingerprint density at radius 1 is 1.25 bits per heavy atom. The molecule has 1 amide bonds. The molecule has 0 heterocycles. The van der Waals surface area contributed by atoms with Crippen LogP contribution >= 0.6 is 27.5 Å². The van der Waals surface area contributed by atoms with E-state index in [0.29, 0.717) is 4.47 Å². The van der Waals surface area contributed by atoms with E-state index in [9.17, 15) is 19.7 Å². The Hall–Kier alpha value is -2.45. The summed E-state index contributed by atoms with van der Waals surface area (Å²) in [5, 5.41) is 13.4. The second-order valence-corrected chi connectivity index (χ2v) is 5.91. The molecule has 2 rings (SSSR count). The first kappa shape index (κ1) is 17.9. The molecule has 124 valence electrons. The fraction of sp³-hybridized carbons (Fsp3) is 0.0667. The molecule has 0 saturated heterocycles. The smallest absolute Gasteiger partial charge is 0.338 e. The number of esters is 1. The number of hydrogen-bond donors (Lipinski definition) is 1. The number of anilines is 1. The lowest BCUT2D eigenvalue weighted by molar-refractivity contribution is -0.383. The summed E-state index contributed by atoms with van der Waals surface area (Å²) in [6.45, 7) is -0.578. The van der Waals surface area contributed by atoms with Crippen LogP contribution in [0.3, 0.4) is 0 Å². The zero-order valence-electron chi connectivity index (χ0n) is 12.0. The van der Waals surface area contributed by atoms with Crippen LogP contribution in [0.15, 0.2) is 46.9 Å². The molecule has 0 fully saturated rings. The zero-order valence-corrected chi connectivity index (χ0v) is 14.3. The Balaban J connectivity index is 1.99. The Bertz CT molecular complexity index is 812. The van der Waals surface area contributed by atoms with E-state index >= 15 is 0 Å². The average Bonchev–Trinajstić information content (AvgIpc) is 2.54. The number of hydrogen-bond acceptors (Lipinski definition) is 5. The van der Waals surface area contributed by atoms with E-state index in [4.69, 9.17) is 16.3 Å². The lowest BCUT2D eigenvalue weighted by atomic mass is 10.2. The third-order valence-electron chi connectivity index (χ3n) is 2.83. The van der Waals surface area contributed by atoms with Gasteiger partial charge in [-0.1, -0.05) is 33.6 Å². The average molecular weight is 414 g/mol. The van der Waals surface area contributed by atoms with Gasteiger partial charge in [0.15, 0.2) is 6.61 Å². The van der Waals surface area contributed by atoms with Gasteiger partial charge in [-0.05, 0) is 30.3 Å². The van der Waals surface area contributed by atoms with Crippen LogP contribution in [0.1, 0.15) is 10.4 Å². The fourth-order valence-corrected chi connectivity index (χ4v) is 2.34. The highest BCUT2D eigenvalue weighted by atomic mass is 79.9. The van der Waals surface area contributed by atoms with E-state index in [2.05, 4.69) is 21.2 Å². The summed E-state index contributed by atoms with van der Waals surface area (Å²) in [6, 6.07) is 10.3. The third kappa shape index (κ3) is 4.77. The lowest BCUT2D eigenvalue weighted by Gasteiger charge is -2.07. The number of nitrogens with one attached hydrogen (secondary N) is 1.